The van der Waals surface area contributed by atoms with Crippen molar-refractivity contribution in [1.29, 1.82) is 0 Å². The number of guanidine groups is 1. The van der Waals surface area contributed by atoms with Crippen molar-refractivity contribution in [1.82, 2.24) is 9.21 Å². The molecule has 0 bridgehead atoms. The molecule has 7 heteroatoms. The van der Waals surface area contributed by atoms with E-state index in [9.17, 15) is 4.79 Å². The van der Waals surface area contributed by atoms with Gasteiger partial charge in [-0.05, 0) is 68.8 Å². The lowest BCUT2D eigenvalue weighted by Gasteiger charge is -2.26. The number of Topliss-reactive ketones (excluding diaryl/α,β-unsaturated/α-hetero) is 1. The van der Waals surface area contributed by atoms with E-state index in [1.165, 1.54) is 0 Å². The number of hydrogen-bond acceptors (Lipinski definition) is 7. The molecule has 0 atom stereocenters. The molecule has 4 aliphatic rings. The van der Waals surface area contributed by atoms with E-state index in [0.29, 0.717) is 11.5 Å². The van der Waals surface area contributed by atoms with Gasteiger partial charge in [0.05, 0.1) is 18.8 Å². The number of benzene rings is 1. The molecular weight excluding hydrogens is 432 g/mol. The quantitative estimate of drug-likeness (QED) is 0.606. The molecule has 6 nitrogen and oxygen atoms in total. The summed E-state index contributed by atoms with van der Waals surface area (Å²) < 4.78 is 7.81. The minimum Gasteiger partial charge on any atom is -0.379 e. The summed E-state index contributed by atoms with van der Waals surface area (Å²) in [5, 5.41) is 0. The van der Waals surface area contributed by atoms with Crippen molar-refractivity contribution >= 4 is 35.0 Å². The lowest BCUT2D eigenvalue weighted by Crippen LogP contribution is -2.30. The van der Waals surface area contributed by atoms with E-state index in [2.05, 4.69) is 60.3 Å². The van der Waals surface area contributed by atoms with Crippen LogP contribution in [0, 0.1) is 6.92 Å². The fourth-order valence-corrected chi connectivity index (χ4v) is 5.59. The van der Waals surface area contributed by atoms with Crippen LogP contribution in [-0.4, -0.2) is 66.1 Å². The van der Waals surface area contributed by atoms with E-state index in [1.807, 2.05) is 0 Å². The smallest absolute Gasteiger partial charge is 0.226 e. The second kappa shape index (κ2) is 9.41. The van der Waals surface area contributed by atoms with Gasteiger partial charge in [0, 0.05) is 42.2 Å². The summed E-state index contributed by atoms with van der Waals surface area (Å²) in [6.45, 7) is 11.3. The van der Waals surface area contributed by atoms with Gasteiger partial charge in [-0.15, -0.1) is 0 Å². The van der Waals surface area contributed by atoms with Crippen LogP contribution in [-0.2, 0) is 9.53 Å². The summed E-state index contributed by atoms with van der Waals surface area (Å²) in [5.74, 6) is 0.774. The summed E-state index contributed by atoms with van der Waals surface area (Å²) in [6.07, 6.45) is 6.05. The Balaban J connectivity index is 1.62. The first-order valence-corrected chi connectivity index (χ1v) is 12.6. The van der Waals surface area contributed by atoms with Crippen LogP contribution < -0.4 is 0 Å². The summed E-state index contributed by atoms with van der Waals surface area (Å²) in [6, 6.07) is 6.40. The van der Waals surface area contributed by atoms with Crippen LogP contribution in [0.2, 0.25) is 0 Å². The molecule has 1 aromatic carbocycles. The van der Waals surface area contributed by atoms with Crippen LogP contribution in [0.15, 0.2) is 62.1 Å². The largest absolute Gasteiger partial charge is 0.379 e. The second-order valence-electron chi connectivity index (χ2n) is 8.52. The predicted octanol–water partition coefficient (Wildman–Crippen LogP) is 4.43. The number of aliphatic imine (C=N–C) groups is 2. The Morgan fingerprint density at radius 2 is 1.79 bits per heavy atom. The number of ketones is 1. The number of aryl methyl sites for hydroxylation is 1. The van der Waals surface area contributed by atoms with Gasteiger partial charge in [0.2, 0.25) is 5.96 Å². The Bertz CT molecular complexity index is 1130. The van der Waals surface area contributed by atoms with Crippen LogP contribution in [0.4, 0.5) is 0 Å². The zero-order valence-corrected chi connectivity index (χ0v) is 20.4. The maximum absolute atomic E-state index is 13.8. The molecule has 0 saturated carbocycles. The highest BCUT2D eigenvalue weighted by Crippen LogP contribution is 2.41. The number of rotatable bonds is 5. The molecule has 1 aromatic rings. The van der Waals surface area contributed by atoms with E-state index in [4.69, 9.17) is 14.7 Å². The minimum atomic E-state index is 0.0658. The lowest BCUT2D eigenvalue weighted by atomic mass is 9.78. The maximum atomic E-state index is 13.8. The van der Waals surface area contributed by atoms with Gasteiger partial charge < -0.3 is 9.64 Å². The molecule has 172 valence electrons. The monoisotopic (exact) mass is 462 g/mol. The number of allylic oxidation sites excluding steroid dienone is 5. The van der Waals surface area contributed by atoms with E-state index < -0.39 is 0 Å². The van der Waals surface area contributed by atoms with Crippen molar-refractivity contribution in [2.45, 2.75) is 38.5 Å². The van der Waals surface area contributed by atoms with E-state index in [-0.39, 0.29) is 5.78 Å². The predicted molar refractivity (Wildman–Crippen MR) is 135 cm³/mol. The van der Waals surface area contributed by atoms with Gasteiger partial charge in [-0.3, -0.25) is 4.79 Å². The van der Waals surface area contributed by atoms with Crippen LogP contribution >= 0.6 is 11.9 Å². The third-order valence-electron chi connectivity index (χ3n) is 6.49. The molecule has 2 heterocycles. The summed E-state index contributed by atoms with van der Waals surface area (Å²) in [4.78, 5) is 27.0. The summed E-state index contributed by atoms with van der Waals surface area (Å²) in [5.41, 5.74) is 6.02. The number of fused-ring (bicyclic) bond motifs is 3. The first-order chi connectivity index (χ1) is 16.1. The fraction of sp³-hybridized carbons (Fsp3) is 0.423. The first kappa shape index (κ1) is 22.3. The molecular formula is C26H30N4O2S. The van der Waals surface area contributed by atoms with Crippen molar-refractivity contribution in [2.24, 2.45) is 9.98 Å². The number of ether oxygens (including phenoxy) is 1. The van der Waals surface area contributed by atoms with Gasteiger partial charge in [0.25, 0.3) is 0 Å². The fourth-order valence-electron chi connectivity index (χ4n) is 4.66. The summed E-state index contributed by atoms with van der Waals surface area (Å²) >= 11 is 1.73. The normalized spacial score (nSPS) is 20.6. The highest BCUT2D eigenvalue weighted by Gasteiger charge is 2.38. The molecule has 5 rings (SSSR count). The van der Waals surface area contributed by atoms with Crippen molar-refractivity contribution in [3.05, 3.63) is 58.3 Å². The van der Waals surface area contributed by atoms with Crippen molar-refractivity contribution in [3.63, 3.8) is 0 Å². The van der Waals surface area contributed by atoms with Crippen LogP contribution in [0.5, 0.6) is 0 Å². The third-order valence-corrected chi connectivity index (χ3v) is 7.58. The first-order valence-electron chi connectivity index (χ1n) is 11.8. The van der Waals surface area contributed by atoms with Gasteiger partial charge >= 0.3 is 0 Å². The molecule has 2 aliphatic carbocycles. The highest BCUT2D eigenvalue weighted by molar-refractivity contribution is 7.97. The number of nitrogens with zero attached hydrogens (tertiary/aromatic N) is 4. The van der Waals surface area contributed by atoms with Gasteiger partial charge in [-0.1, -0.05) is 18.2 Å². The Hall–Kier alpha value is -2.48. The van der Waals surface area contributed by atoms with Gasteiger partial charge in [-0.25, -0.2) is 14.3 Å². The Labute approximate surface area is 199 Å². The molecule has 0 amide bonds. The third kappa shape index (κ3) is 4.14. The SMILES string of the molecule is CCN(CC)C1=NC2=C(c3cc(SN4CCOCC4)ccc3C)C(=O)C3=CCCC=C3C2=N1. The number of morpholine rings is 1. The standard InChI is InChI=1S/C26H30N4O2S/c1-4-29(5-2)26-27-23-19-8-6-7-9-20(19)25(31)22(24(23)28-26)21-16-18(11-10-17(21)3)33-30-12-14-32-15-13-30/h8-11,16H,4-7,12-15H2,1-3H3. The van der Waals surface area contributed by atoms with Gasteiger partial charge in [0.15, 0.2) is 5.78 Å². The molecule has 0 aromatic heterocycles. The molecule has 1 saturated heterocycles. The van der Waals surface area contributed by atoms with Crippen molar-refractivity contribution < 1.29 is 9.53 Å². The Morgan fingerprint density at radius 1 is 1.06 bits per heavy atom. The number of carbonyl (C=O) groups excluding carboxylic acids is 1. The van der Waals surface area contributed by atoms with E-state index in [1.54, 1.807) is 11.9 Å². The van der Waals surface area contributed by atoms with E-state index >= 15 is 0 Å². The molecule has 1 fully saturated rings. The Morgan fingerprint density at radius 3 is 2.52 bits per heavy atom. The lowest BCUT2D eigenvalue weighted by molar-refractivity contribution is -0.110. The molecule has 2 aliphatic heterocycles. The molecule has 0 N–H and O–H groups in total. The average Bonchev–Trinajstić information content (AvgIpc) is 3.27. The van der Waals surface area contributed by atoms with Crippen molar-refractivity contribution in [3.8, 4) is 0 Å². The Kier molecular flexibility index (Phi) is 6.36. The molecule has 0 unspecified atom stereocenters. The van der Waals surface area contributed by atoms with Crippen LogP contribution in [0.1, 0.15) is 37.8 Å². The average molecular weight is 463 g/mol. The number of hydrogen-bond donors (Lipinski definition) is 0. The highest BCUT2D eigenvalue weighted by atomic mass is 32.2. The van der Waals surface area contributed by atoms with Gasteiger partial charge in [-0.2, -0.15) is 0 Å². The maximum Gasteiger partial charge on any atom is 0.226 e. The van der Waals surface area contributed by atoms with E-state index in [0.717, 1.165) is 90.8 Å². The number of carbonyl (C=O) groups is 1. The zero-order chi connectivity index (χ0) is 22.9. The second-order valence-corrected chi connectivity index (χ2v) is 9.69. The van der Waals surface area contributed by atoms with Gasteiger partial charge in [0.1, 0.15) is 11.4 Å². The van der Waals surface area contributed by atoms with Crippen LogP contribution in [0.25, 0.3) is 5.57 Å². The topological polar surface area (TPSA) is 57.5 Å². The minimum absolute atomic E-state index is 0.0658. The molecule has 33 heavy (non-hydrogen) atoms. The molecule has 0 radical (unpaired) electrons. The zero-order valence-electron chi connectivity index (χ0n) is 19.6. The van der Waals surface area contributed by atoms with Crippen LogP contribution in [0.3, 0.4) is 0 Å². The summed E-state index contributed by atoms with van der Waals surface area (Å²) in [7, 11) is 0. The molecule has 0 spiro atoms. The van der Waals surface area contributed by atoms with Crippen molar-refractivity contribution in [2.75, 3.05) is 39.4 Å².